The maximum atomic E-state index is 12.6. The van der Waals surface area contributed by atoms with Gasteiger partial charge in [0.05, 0.1) is 5.69 Å². The van der Waals surface area contributed by atoms with Gasteiger partial charge in [-0.2, -0.15) is 5.26 Å². The maximum absolute atomic E-state index is 12.6. The van der Waals surface area contributed by atoms with E-state index in [-0.39, 0.29) is 5.57 Å². The maximum Gasteiger partial charge on any atom is 0.267 e. The molecule has 0 unspecified atom stereocenters. The lowest BCUT2D eigenvalue weighted by Gasteiger charge is -2.11. The van der Waals surface area contributed by atoms with Crippen molar-refractivity contribution in [1.29, 1.82) is 5.26 Å². The standard InChI is InChI=1S/C23H19N3OS/c1-17-9-5-6-12-20(17)25-16-18(15-24)23(27)26-21-13-7-8-14-22(21)28-19-10-3-2-4-11-19/h2-14,16,25H,1H3,(H,26,27)/b18-16-. The first-order valence-corrected chi connectivity index (χ1v) is 9.55. The average molecular weight is 385 g/mol. The Morgan fingerprint density at radius 1 is 0.929 bits per heavy atom. The minimum Gasteiger partial charge on any atom is -0.360 e. The number of benzene rings is 3. The molecule has 0 fully saturated rings. The Hall–Kier alpha value is -3.49. The molecule has 3 rings (SSSR count). The summed E-state index contributed by atoms with van der Waals surface area (Å²) in [6.07, 6.45) is 1.44. The molecule has 0 aliphatic rings. The van der Waals surface area contributed by atoms with Gasteiger partial charge in [-0.25, -0.2) is 0 Å². The van der Waals surface area contributed by atoms with E-state index in [2.05, 4.69) is 10.6 Å². The molecule has 0 spiro atoms. The molecule has 3 aromatic rings. The lowest BCUT2D eigenvalue weighted by Crippen LogP contribution is -2.15. The monoisotopic (exact) mass is 385 g/mol. The molecule has 0 heterocycles. The van der Waals surface area contributed by atoms with Crippen LogP contribution < -0.4 is 10.6 Å². The third kappa shape index (κ3) is 5.03. The van der Waals surface area contributed by atoms with Gasteiger partial charge in [-0.3, -0.25) is 4.79 Å². The highest BCUT2D eigenvalue weighted by molar-refractivity contribution is 7.99. The number of carbonyl (C=O) groups is 1. The van der Waals surface area contributed by atoms with Crippen molar-refractivity contribution < 1.29 is 4.79 Å². The van der Waals surface area contributed by atoms with Crippen LogP contribution in [0.4, 0.5) is 11.4 Å². The number of rotatable bonds is 6. The van der Waals surface area contributed by atoms with E-state index in [9.17, 15) is 10.1 Å². The number of hydrogen-bond acceptors (Lipinski definition) is 4. The van der Waals surface area contributed by atoms with E-state index in [1.54, 1.807) is 11.8 Å². The Bertz CT molecular complexity index is 1040. The summed E-state index contributed by atoms with van der Waals surface area (Å²) in [7, 11) is 0. The molecule has 4 nitrogen and oxygen atoms in total. The van der Waals surface area contributed by atoms with E-state index >= 15 is 0 Å². The number of anilines is 2. The fourth-order valence-corrected chi connectivity index (χ4v) is 3.42. The molecule has 1 amide bonds. The zero-order chi connectivity index (χ0) is 19.8. The molecule has 0 aliphatic heterocycles. The van der Waals surface area contributed by atoms with Crippen molar-refractivity contribution >= 4 is 29.0 Å². The smallest absolute Gasteiger partial charge is 0.267 e. The predicted octanol–water partition coefficient (Wildman–Crippen LogP) is 5.60. The van der Waals surface area contributed by atoms with Crippen LogP contribution in [-0.4, -0.2) is 5.91 Å². The molecular formula is C23H19N3OS. The van der Waals surface area contributed by atoms with E-state index in [0.717, 1.165) is 21.0 Å². The highest BCUT2D eigenvalue weighted by atomic mass is 32.2. The minimum atomic E-state index is -0.454. The summed E-state index contributed by atoms with van der Waals surface area (Å²) in [6.45, 7) is 1.96. The molecule has 0 aliphatic carbocycles. The highest BCUT2D eigenvalue weighted by Gasteiger charge is 2.12. The Labute approximate surface area is 168 Å². The van der Waals surface area contributed by atoms with E-state index in [0.29, 0.717) is 5.69 Å². The number of carbonyl (C=O) groups excluding carboxylic acids is 1. The van der Waals surface area contributed by atoms with Gasteiger partial charge in [0, 0.05) is 21.7 Å². The van der Waals surface area contributed by atoms with Gasteiger partial charge in [0.2, 0.25) is 0 Å². The highest BCUT2D eigenvalue weighted by Crippen LogP contribution is 2.33. The number of para-hydroxylation sites is 2. The van der Waals surface area contributed by atoms with Crippen LogP contribution in [0.3, 0.4) is 0 Å². The van der Waals surface area contributed by atoms with Gasteiger partial charge in [-0.1, -0.05) is 60.3 Å². The Morgan fingerprint density at radius 2 is 1.57 bits per heavy atom. The lowest BCUT2D eigenvalue weighted by molar-refractivity contribution is -0.112. The van der Waals surface area contributed by atoms with Crippen LogP contribution in [0, 0.1) is 18.3 Å². The first kappa shape index (κ1) is 19.3. The molecule has 0 radical (unpaired) electrons. The second kappa shape index (κ2) is 9.45. The normalized spacial score (nSPS) is 10.8. The van der Waals surface area contributed by atoms with Crippen molar-refractivity contribution in [1.82, 2.24) is 0 Å². The van der Waals surface area contributed by atoms with Gasteiger partial charge in [0.1, 0.15) is 11.6 Å². The van der Waals surface area contributed by atoms with Crippen LogP contribution in [0.25, 0.3) is 0 Å². The topological polar surface area (TPSA) is 64.9 Å². The molecule has 0 bridgehead atoms. The number of aryl methyl sites for hydroxylation is 1. The molecule has 5 heteroatoms. The van der Waals surface area contributed by atoms with Crippen molar-refractivity contribution in [3.05, 3.63) is 96.2 Å². The van der Waals surface area contributed by atoms with E-state index in [1.807, 2.05) is 91.9 Å². The van der Waals surface area contributed by atoms with Gasteiger partial charge in [0.15, 0.2) is 0 Å². The van der Waals surface area contributed by atoms with Crippen LogP contribution in [0.5, 0.6) is 0 Å². The Balaban J connectivity index is 1.75. The average Bonchev–Trinajstić information content (AvgIpc) is 2.72. The van der Waals surface area contributed by atoms with Crippen molar-refractivity contribution in [2.45, 2.75) is 16.7 Å². The van der Waals surface area contributed by atoms with Crippen LogP contribution in [0.2, 0.25) is 0 Å². The number of nitrogens with one attached hydrogen (secondary N) is 2. The number of hydrogen-bond donors (Lipinski definition) is 2. The summed E-state index contributed by atoms with van der Waals surface area (Å²) in [6, 6.07) is 27.1. The van der Waals surface area contributed by atoms with Crippen LogP contribution in [0.1, 0.15) is 5.56 Å². The van der Waals surface area contributed by atoms with Crippen LogP contribution in [0.15, 0.2) is 100 Å². The number of nitriles is 1. The molecule has 0 saturated heterocycles. The molecule has 2 N–H and O–H groups in total. The van der Waals surface area contributed by atoms with Crippen LogP contribution in [-0.2, 0) is 4.79 Å². The molecule has 0 atom stereocenters. The van der Waals surface area contributed by atoms with Gasteiger partial charge < -0.3 is 10.6 Å². The van der Waals surface area contributed by atoms with Crippen molar-refractivity contribution in [3.8, 4) is 6.07 Å². The SMILES string of the molecule is Cc1ccccc1N/C=C(/C#N)C(=O)Nc1ccccc1Sc1ccccc1. The third-order valence-electron chi connectivity index (χ3n) is 3.99. The minimum absolute atomic E-state index is 0.00256. The second-order valence-electron chi connectivity index (χ2n) is 5.99. The molecule has 0 saturated carbocycles. The fraction of sp³-hybridized carbons (Fsp3) is 0.0435. The third-order valence-corrected chi connectivity index (χ3v) is 5.07. The largest absolute Gasteiger partial charge is 0.360 e. The summed E-state index contributed by atoms with van der Waals surface area (Å²) >= 11 is 1.55. The summed E-state index contributed by atoms with van der Waals surface area (Å²) < 4.78 is 0. The van der Waals surface area contributed by atoms with E-state index in [4.69, 9.17) is 0 Å². The zero-order valence-electron chi connectivity index (χ0n) is 15.3. The Morgan fingerprint density at radius 3 is 2.29 bits per heavy atom. The number of amides is 1. The molecular weight excluding hydrogens is 366 g/mol. The predicted molar refractivity (Wildman–Crippen MR) is 114 cm³/mol. The second-order valence-corrected chi connectivity index (χ2v) is 7.11. The first-order chi connectivity index (χ1) is 13.7. The first-order valence-electron chi connectivity index (χ1n) is 8.73. The summed E-state index contributed by atoms with van der Waals surface area (Å²) in [5.41, 5.74) is 2.55. The fourth-order valence-electron chi connectivity index (χ4n) is 2.50. The van der Waals surface area contributed by atoms with Crippen molar-refractivity contribution in [3.63, 3.8) is 0 Å². The number of nitrogens with zero attached hydrogens (tertiary/aromatic N) is 1. The van der Waals surface area contributed by atoms with Gasteiger partial charge in [-0.15, -0.1) is 0 Å². The Kier molecular flexibility index (Phi) is 6.50. The zero-order valence-corrected chi connectivity index (χ0v) is 16.2. The summed E-state index contributed by atoms with van der Waals surface area (Å²) in [5.74, 6) is -0.454. The molecule has 3 aromatic carbocycles. The van der Waals surface area contributed by atoms with Crippen LogP contribution >= 0.6 is 11.8 Å². The van der Waals surface area contributed by atoms with Gasteiger partial charge in [0.25, 0.3) is 5.91 Å². The van der Waals surface area contributed by atoms with E-state index in [1.165, 1.54) is 6.20 Å². The quantitative estimate of drug-likeness (QED) is 0.428. The molecule has 0 aromatic heterocycles. The lowest BCUT2D eigenvalue weighted by atomic mass is 10.2. The van der Waals surface area contributed by atoms with Gasteiger partial charge in [-0.05, 0) is 42.8 Å². The van der Waals surface area contributed by atoms with Crippen molar-refractivity contribution in [2.75, 3.05) is 10.6 Å². The van der Waals surface area contributed by atoms with E-state index < -0.39 is 5.91 Å². The summed E-state index contributed by atoms with van der Waals surface area (Å²) in [5, 5.41) is 15.3. The van der Waals surface area contributed by atoms with Crippen molar-refractivity contribution in [2.24, 2.45) is 0 Å². The molecule has 28 heavy (non-hydrogen) atoms. The molecule has 138 valence electrons. The summed E-state index contributed by atoms with van der Waals surface area (Å²) in [4.78, 5) is 14.6. The van der Waals surface area contributed by atoms with Gasteiger partial charge >= 0.3 is 0 Å².